The predicted molar refractivity (Wildman–Crippen MR) is 142 cm³/mol. The SMILES string of the molecule is COc1cc2nc(N3CCN(C(=O)C(c4ccc(Cl)cc4)C4CCCC4)CC3)nc(N)c2cc1OC. The molecule has 1 unspecified atom stereocenters. The molecular formula is C27H32ClN5O3. The van der Waals surface area contributed by atoms with Gasteiger partial charge in [0.15, 0.2) is 11.5 Å². The number of halogens is 1. The molecule has 3 aromatic rings. The van der Waals surface area contributed by atoms with Gasteiger partial charge in [0.25, 0.3) is 0 Å². The number of methoxy groups -OCH3 is 2. The van der Waals surface area contributed by atoms with Crippen LogP contribution in [0.5, 0.6) is 11.5 Å². The molecule has 2 fully saturated rings. The minimum atomic E-state index is -0.119. The van der Waals surface area contributed by atoms with Crippen LogP contribution in [0.4, 0.5) is 11.8 Å². The summed E-state index contributed by atoms with van der Waals surface area (Å²) in [5, 5.41) is 1.41. The van der Waals surface area contributed by atoms with Crippen LogP contribution in [0.1, 0.15) is 37.2 Å². The largest absolute Gasteiger partial charge is 0.493 e. The maximum absolute atomic E-state index is 13.8. The molecule has 1 atom stereocenters. The minimum Gasteiger partial charge on any atom is -0.493 e. The zero-order valence-electron chi connectivity index (χ0n) is 20.7. The fourth-order valence-corrected chi connectivity index (χ4v) is 5.63. The molecule has 1 aliphatic carbocycles. The van der Waals surface area contributed by atoms with Crippen molar-refractivity contribution in [2.75, 3.05) is 51.0 Å². The number of hydrogen-bond donors (Lipinski definition) is 1. The van der Waals surface area contributed by atoms with Gasteiger partial charge in [0.2, 0.25) is 11.9 Å². The van der Waals surface area contributed by atoms with Crippen LogP contribution in [0.3, 0.4) is 0 Å². The highest BCUT2D eigenvalue weighted by atomic mass is 35.5. The Morgan fingerprint density at radius 1 is 1.00 bits per heavy atom. The van der Waals surface area contributed by atoms with Gasteiger partial charge in [-0.1, -0.05) is 36.6 Å². The van der Waals surface area contributed by atoms with Crippen molar-refractivity contribution in [3.8, 4) is 11.5 Å². The topological polar surface area (TPSA) is 93.8 Å². The predicted octanol–water partition coefficient (Wildman–Crippen LogP) is 4.51. The molecule has 190 valence electrons. The molecule has 1 amide bonds. The van der Waals surface area contributed by atoms with E-state index in [0.29, 0.717) is 71.3 Å². The zero-order chi connectivity index (χ0) is 25.2. The van der Waals surface area contributed by atoms with Crippen molar-refractivity contribution in [1.29, 1.82) is 0 Å². The second-order valence-corrected chi connectivity index (χ2v) is 9.96. The van der Waals surface area contributed by atoms with Gasteiger partial charge in [0, 0.05) is 42.7 Å². The van der Waals surface area contributed by atoms with Gasteiger partial charge < -0.3 is 25.0 Å². The first-order chi connectivity index (χ1) is 17.5. The van der Waals surface area contributed by atoms with Crippen LogP contribution in [0.15, 0.2) is 36.4 Å². The number of nitrogen functional groups attached to an aromatic ring is 1. The van der Waals surface area contributed by atoms with Crippen molar-refractivity contribution in [3.05, 3.63) is 47.0 Å². The molecule has 5 rings (SSSR count). The maximum atomic E-state index is 13.8. The summed E-state index contributed by atoms with van der Waals surface area (Å²) in [5.41, 5.74) is 8.05. The lowest BCUT2D eigenvalue weighted by Gasteiger charge is -2.37. The zero-order valence-corrected chi connectivity index (χ0v) is 21.5. The van der Waals surface area contributed by atoms with Gasteiger partial charge in [-0.15, -0.1) is 0 Å². The first-order valence-corrected chi connectivity index (χ1v) is 12.8. The third kappa shape index (κ3) is 4.74. The van der Waals surface area contributed by atoms with Crippen molar-refractivity contribution >= 4 is 40.2 Å². The molecule has 8 nitrogen and oxygen atoms in total. The van der Waals surface area contributed by atoms with Crippen molar-refractivity contribution in [2.45, 2.75) is 31.6 Å². The molecule has 36 heavy (non-hydrogen) atoms. The summed E-state index contributed by atoms with van der Waals surface area (Å²) in [5.74, 6) is 2.59. The lowest BCUT2D eigenvalue weighted by molar-refractivity contribution is -0.134. The highest BCUT2D eigenvalue weighted by Gasteiger charge is 2.36. The van der Waals surface area contributed by atoms with Gasteiger partial charge in [-0.25, -0.2) is 4.98 Å². The highest BCUT2D eigenvalue weighted by molar-refractivity contribution is 6.30. The van der Waals surface area contributed by atoms with E-state index in [4.69, 9.17) is 31.8 Å². The van der Waals surface area contributed by atoms with E-state index in [0.717, 1.165) is 18.4 Å². The van der Waals surface area contributed by atoms with Gasteiger partial charge in [-0.2, -0.15) is 4.98 Å². The fraction of sp³-hybridized carbons (Fsp3) is 0.444. The summed E-state index contributed by atoms with van der Waals surface area (Å²) in [6.07, 6.45) is 4.56. The second kappa shape index (κ2) is 10.4. The van der Waals surface area contributed by atoms with Gasteiger partial charge in [-0.3, -0.25) is 4.79 Å². The van der Waals surface area contributed by atoms with Gasteiger partial charge in [0.1, 0.15) is 5.82 Å². The Bertz CT molecular complexity index is 1240. The Kier molecular flexibility index (Phi) is 7.05. The monoisotopic (exact) mass is 509 g/mol. The average Bonchev–Trinajstić information content (AvgIpc) is 3.43. The van der Waals surface area contributed by atoms with Crippen molar-refractivity contribution in [2.24, 2.45) is 5.92 Å². The number of carbonyl (C=O) groups is 1. The number of amides is 1. The quantitative estimate of drug-likeness (QED) is 0.522. The number of ether oxygens (including phenoxy) is 2. The van der Waals surface area contributed by atoms with Crippen LogP contribution >= 0.6 is 11.6 Å². The van der Waals surface area contributed by atoms with Crippen LogP contribution in [0.2, 0.25) is 5.02 Å². The van der Waals surface area contributed by atoms with Crippen molar-refractivity contribution in [3.63, 3.8) is 0 Å². The van der Waals surface area contributed by atoms with Crippen LogP contribution in [0, 0.1) is 5.92 Å². The Morgan fingerprint density at radius 2 is 1.64 bits per heavy atom. The van der Waals surface area contributed by atoms with Crippen LogP contribution in [-0.2, 0) is 4.79 Å². The van der Waals surface area contributed by atoms with Gasteiger partial charge in [0.05, 0.1) is 25.7 Å². The van der Waals surface area contributed by atoms with E-state index in [1.807, 2.05) is 35.2 Å². The smallest absolute Gasteiger partial charge is 0.230 e. The number of nitrogens with two attached hydrogens (primary N) is 1. The lowest BCUT2D eigenvalue weighted by Crippen LogP contribution is -2.51. The lowest BCUT2D eigenvalue weighted by atomic mass is 9.83. The molecule has 9 heteroatoms. The number of nitrogens with zero attached hydrogens (tertiary/aromatic N) is 4. The van der Waals surface area contributed by atoms with Crippen molar-refractivity contribution < 1.29 is 14.3 Å². The van der Waals surface area contributed by atoms with E-state index in [2.05, 4.69) is 9.88 Å². The molecule has 0 radical (unpaired) electrons. The van der Waals surface area contributed by atoms with E-state index in [1.54, 1.807) is 20.3 Å². The molecule has 0 spiro atoms. The van der Waals surface area contributed by atoms with Crippen LogP contribution in [0.25, 0.3) is 10.9 Å². The summed E-state index contributed by atoms with van der Waals surface area (Å²) in [7, 11) is 3.17. The summed E-state index contributed by atoms with van der Waals surface area (Å²) in [6, 6.07) is 11.4. The first-order valence-electron chi connectivity index (χ1n) is 12.5. The third-order valence-corrected chi connectivity index (χ3v) is 7.71. The Labute approximate surface area is 216 Å². The number of fused-ring (bicyclic) bond motifs is 1. The first kappa shape index (κ1) is 24.4. The number of hydrogen-bond acceptors (Lipinski definition) is 7. The molecule has 1 aromatic heterocycles. The molecule has 1 saturated heterocycles. The standard InChI is InChI=1S/C27H32ClN5O3/c1-35-22-15-20-21(16-23(22)36-2)30-27(31-25(20)29)33-13-11-32(12-14-33)26(34)24(17-5-3-4-6-17)18-7-9-19(28)10-8-18/h7-10,15-17,24H,3-6,11-14H2,1-2H3,(H2,29,30,31). The molecule has 2 aromatic carbocycles. The number of benzene rings is 2. The Morgan fingerprint density at radius 3 is 2.28 bits per heavy atom. The van der Waals surface area contributed by atoms with Crippen LogP contribution in [-0.4, -0.2) is 61.2 Å². The van der Waals surface area contributed by atoms with Gasteiger partial charge >= 0.3 is 0 Å². The Hall–Kier alpha value is -3.26. The molecular weight excluding hydrogens is 478 g/mol. The molecule has 2 heterocycles. The number of anilines is 2. The second-order valence-electron chi connectivity index (χ2n) is 9.52. The maximum Gasteiger partial charge on any atom is 0.230 e. The summed E-state index contributed by atoms with van der Waals surface area (Å²) in [4.78, 5) is 27.2. The number of carbonyl (C=O) groups excluding carboxylic acids is 1. The Balaban J connectivity index is 1.33. The summed E-state index contributed by atoms with van der Waals surface area (Å²) in [6.45, 7) is 2.51. The normalized spacial score (nSPS) is 17.4. The van der Waals surface area contributed by atoms with E-state index >= 15 is 0 Å². The number of aromatic nitrogens is 2. The molecule has 2 N–H and O–H groups in total. The van der Waals surface area contributed by atoms with E-state index < -0.39 is 0 Å². The number of rotatable bonds is 6. The molecule has 2 aliphatic rings. The van der Waals surface area contributed by atoms with Crippen molar-refractivity contribution in [1.82, 2.24) is 14.9 Å². The van der Waals surface area contributed by atoms with Crippen LogP contribution < -0.4 is 20.1 Å². The molecule has 1 saturated carbocycles. The summed E-state index contributed by atoms with van der Waals surface area (Å²) >= 11 is 6.12. The molecule has 0 bridgehead atoms. The van der Waals surface area contributed by atoms with E-state index in [9.17, 15) is 4.79 Å². The number of piperazine rings is 1. The summed E-state index contributed by atoms with van der Waals surface area (Å²) < 4.78 is 10.8. The minimum absolute atomic E-state index is 0.119. The van der Waals surface area contributed by atoms with E-state index in [-0.39, 0.29) is 11.8 Å². The average molecular weight is 510 g/mol. The van der Waals surface area contributed by atoms with Gasteiger partial charge in [-0.05, 0) is 42.5 Å². The third-order valence-electron chi connectivity index (χ3n) is 7.46. The molecule has 1 aliphatic heterocycles. The van der Waals surface area contributed by atoms with E-state index in [1.165, 1.54) is 12.8 Å². The fourth-order valence-electron chi connectivity index (χ4n) is 5.51. The highest BCUT2D eigenvalue weighted by Crippen LogP contribution is 2.39.